The van der Waals surface area contributed by atoms with Gasteiger partial charge >= 0.3 is 0 Å². The molecule has 0 radical (unpaired) electrons. The maximum absolute atomic E-state index is 6.99. The molecule has 3 aliphatic rings. The third-order valence-electron chi connectivity index (χ3n) is 6.28. The molecule has 2 aliphatic heterocycles. The fraction of sp³-hybridized carbons (Fsp3) is 0.0714. The molecular weight excluding hydrogens is 449 g/mol. The second kappa shape index (κ2) is 7.87. The van der Waals surface area contributed by atoms with Gasteiger partial charge in [-0.25, -0.2) is 4.98 Å². The minimum atomic E-state index is 0.165. The van der Waals surface area contributed by atoms with E-state index in [1.165, 1.54) is 0 Å². The van der Waals surface area contributed by atoms with Gasteiger partial charge in [-0.15, -0.1) is 6.58 Å². The minimum Gasteiger partial charge on any atom is -0.324 e. The van der Waals surface area contributed by atoms with Gasteiger partial charge in [0.2, 0.25) is 0 Å². The van der Waals surface area contributed by atoms with Crippen LogP contribution in [-0.4, -0.2) is 28.3 Å². The Morgan fingerprint density at radius 3 is 2.27 bits per heavy atom. The lowest BCUT2D eigenvalue weighted by Gasteiger charge is -2.25. The fourth-order valence-electron chi connectivity index (χ4n) is 4.42. The first-order valence-corrected chi connectivity index (χ1v) is 11.5. The third-order valence-corrected chi connectivity index (χ3v) is 7.09. The monoisotopic (exact) mass is 467 g/mol. The van der Waals surface area contributed by atoms with E-state index in [0.29, 0.717) is 10.0 Å². The third kappa shape index (κ3) is 3.28. The first-order chi connectivity index (χ1) is 16.1. The molecule has 2 aromatic carbocycles. The molecule has 33 heavy (non-hydrogen) atoms. The number of hydrogen-bond donors (Lipinski definition) is 0. The van der Waals surface area contributed by atoms with E-state index < -0.39 is 0 Å². The van der Waals surface area contributed by atoms with Crippen molar-refractivity contribution in [1.29, 1.82) is 0 Å². The summed E-state index contributed by atoms with van der Waals surface area (Å²) >= 11 is 13.9. The Morgan fingerprint density at radius 1 is 0.848 bits per heavy atom. The lowest BCUT2D eigenvalue weighted by atomic mass is 9.95. The zero-order valence-corrected chi connectivity index (χ0v) is 19.2. The maximum atomic E-state index is 6.99. The summed E-state index contributed by atoms with van der Waals surface area (Å²) in [6.45, 7) is 4.66. The Morgan fingerprint density at radius 2 is 1.58 bits per heavy atom. The maximum Gasteiger partial charge on any atom is 0.128 e. The second-order valence-electron chi connectivity index (χ2n) is 8.17. The van der Waals surface area contributed by atoms with Gasteiger partial charge in [-0.05, 0) is 29.9 Å². The Balaban J connectivity index is 1.42. The molecule has 1 aromatic heterocycles. The SMILES string of the molecule is C=CC1CN=C2C=CC(c3cccc(-c4cccc(-c5ccc6c(n5)C=C6)c4Cl)c3Cl)=CN21. The number of allylic oxidation sites excluding steroid dienone is 2. The number of halogens is 2. The largest absolute Gasteiger partial charge is 0.324 e. The van der Waals surface area contributed by atoms with Gasteiger partial charge in [0.15, 0.2) is 0 Å². The highest BCUT2D eigenvalue weighted by Gasteiger charge is 2.26. The first kappa shape index (κ1) is 20.2. The van der Waals surface area contributed by atoms with E-state index in [2.05, 4.69) is 40.9 Å². The average Bonchev–Trinajstić information content (AvgIpc) is 3.23. The van der Waals surface area contributed by atoms with Crippen LogP contribution in [0.3, 0.4) is 0 Å². The average molecular weight is 468 g/mol. The van der Waals surface area contributed by atoms with Crippen molar-refractivity contribution in [2.75, 3.05) is 6.54 Å². The predicted octanol–water partition coefficient (Wildman–Crippen LogP) is 7.39. The van der Waals surface area contributed by atoms with Crippen LogP contribution in [0, 0.1) is 0 Å². The van der Waals surface area contributed by atoms with E-state index in [1.807, 2.05) is 60.7 Å². The molecule has 3 aromatic rings. The zero-order valence-electron chi connectivity index (χ0n) is 17.7. The van der Waals surface area contributed by atoms with Crippen LogP contribution in [0.25, 0.3) is 40.1 Å². The number of aliphatic imine (C=N–C) groups is 1. The molecular formula is C28H19Cl2N3. The van der Waals surface area contributed by atoms with Crippen LogP contribution in [-0.2, 0) is 0 Å². The van der Waals surface area contributed by atoms with Gasteiger partial charge in [0.1, 0.15) is 5.84 Å². The summed E-state index contributed by atoms with van der Waals surface area (Å²) in [6.07, 6.45) is 12.2. The van der Waals surface area contributed by atoms with Crippen molar-refractivity contribution in [3.63, 3.8) is 0 Å². The summed E-state index contributed by atoms with van der Waals surface area (Å²) < 4.78 is 0. The van der Waals surface area contributed by atoms with Gasteiger partial charge in [-0.2, -0.15) is 0 Å². The standard InChI is InChI=1S/C28H19Cl2N3/c1-2-19-15-31-26-14-11-18(16-33(19)26)20-5-3-6-21(27(20)29)22-7-4-8-23(28(22)30)25-13-10-17-9-12-24(17)32-25/h2-14,16,19H,1,15H2. The summed E-state index contributed by atoms with van der Waals surface area (Å²) in [5.41, 5.74) is 7.64. The Bertz CT molecular complexity index is 1450. The van der Waals surface area contributed by atoms with Crippen LogP contribution < -0.4 is 0 Å². The van der Waals surface area contributed by atoms with Gasteiger partial charge in [0.25, 0.3) is 0 Å². The normalized spacial score (nSPS) is 17.8. The van der Waals surface area contributed by atoms with E-state index >= 15 is 0 Å². The van der Waals surface area contributed by atoms with Crippen LogP contribution in [0.1, 0.15) is 16.8 Å². The highest BCUT2D eigenvalue weighted by Crippen LogP contribution is 2.42. The molecule has 1 atom stereocenters. The summed E-state index contributed by atoms with van der Waals surface area (Å²) in [5.74, 6) is 0.951. The summed E-state index contributed by atoms with van der Waals surface area (Å²) in [4.78, 5) is 11.5. The predicted molar refractivity (Wildman–Crippen MR) is 139 cm³/mol. The van der Waals surface area contributed by atoms with E-state index in [0.717, 1.165) is 57.2 Å². The second-order valence-corrected chi connectivity index (χ2v) is 8.92. The molecule has 1 aliphatic carbocycles. The molecule has 5 heteroatoms. The van der Waals surface area contributed by atoms with Gasteiger partial charge < -0.3 is 4.90 Å². The van der Waals surface area contributed by atoms with Gasteiger partial charge in [0.05, 0.1) is 34.0 Å². The molecule has 0 saturated heterocycles. The molecule has 3 heterocycles. The van der Waals surface area contributed by atoms with Crippen LogP contribution >= 0.6 is 23.2 Å². The lowest BCUT2D eigenvalue weighted by Crippen LogP contribution is -2.30. The van der Waals surface area contributed by atoms with Crippen molar-refractivity contribution in [3.8, 4) is 22.4 Å². The molecule has 0 fully saturated rings. The van der Waals surface area contributed by atoms with Crippen molar-refractivity contribution in [1.82, 2.24) is 9.88 Å². The van der Waals surface area contributed by atoms with Crippen LogP contribution in [0.2, 0.25) is 10.0 Å². The number of aromatic nitrogens is 1. The number of rotatable bonds is 4. The van der Waals surface area contributed by atoms with Crippen LogP contribution in [0.5, 0.6) is 0 Å². The van der Waals surface area contributed by atoms with Crippen LogP contribution in [0.4, 0.5) is 0 Å². The molecule has 1 unspecified atom stereocenters. The summed E-state index contributed by atoms with van der Waals surface area (Å²) in [6, 6.07) is 16.3. The summed E-state index contributed by atoms with van der Waals surface area (Å²) in [5, 5.41) is 1.30. The van der Waals surface area contributed by atoms with Crippen molar-refractivity contribution in [3.05, 3.63) is 106 Å². The number of hydrogen-bond acceptors (Lipinski definition) is 3. The number of pyridine rings is 1. The minimum absolute atomic E-state index is 0.165. The van der Waals surface area contributed by atoms with Gasteiger partial charge in [-0.3, -0.25) is 4.99 Å². The van der Waals surface area contributed by atoms with Gasteiger partial charge in [0, 0.05) is 34.0 Å². The number of benzene rings is 2. The van der Waals surface area contributed by atoms with E-state index in [-0.39, 0.29) is 6.04 Å². The first-order valence-electron chi connectivity index (χ1n) is 10.8. The topological polar surface area (TPSA) is 28.5 Å². The number of fused-ring (bicyclic) bond motifs is 2. The van der Waals surface area contributed by atoms with Crippen molar-refractivity contribution < 1.29 is 0 Å². The lowest BCUT2D eigenvalue weighted by molar-refractivity contribution is 0.517. The molecule has 0 N–H and O–H groups in total. The van der Waals surface area contributed by atoms with Crippen molar-refractivity contribution in [2.45, 2.75) is 6.04 Å². The molecule has 160 valence electrons. The van der Waals surface area contributed by atoms with E-state index in [1.54, 1.807) is 0 Å². The number of nitrogens with zero attached hydrogens (tertiary/aromatic N) is 3. The fourth-order valence-corrected chi connectivity index (χ4v) is 5.08. The van der Waals surface area contributed by atoms with Gasteiger partial charge in [-0.1, -0.05) is 77.8 Å². The Kier molecular flexibility index (Phi) is 4.83. The molecule has 6 rings (SSSR count). The zero-order chi connectivity index (χ0) is 22.5. The molecule has 0 amide bonds. The molecule has 0 saturated carbocycles. The molecule has 0 spiro atoms. The number of amidine groups is 1. The quantitative estimate of drug-likeness (QED) is 0.292. The van der Waals surface area contributed by atoms with E-state index in [4.69, 9.17) is 28.2 Å². The van der Waals surface area contributed by atoms with Crippen LogP contribution in [0.15, 0.2) is 84.5 Å². The Labute approximate surface area is 202 Å². The summed E-state index contributed by atoms with van der Waals surface area (Å²) in [7, 11) is 0. The highest BCUT2D eigenvalue weighted by atomic mass is 35.5. The smallest absolute Gasteiger partial charge is 0.128 e. The molecule has 0 bridgehead atoms. The van der Waals surface area contributed by atoms with Crippen molar-refractivity contribution >= 4 is 46.8 Å². The molecule has 3 nitrogen and oxygen atoms in total. The highest BCUT2D eigenvalue weighted by molar-refractivity contribution is 6.39. The van der Waals surface area contributed by atoms with Crippen molar-refractivity contribution in [2.24, 2.45) is 4.99 Å². The van der Waals surface area contributed by atoms with E-state index in [9.17, 15) is 0 Å². The Hall–Kier alpha value is -3.40.